The van der Waals surface area contributed by atoms with E-state index in [1.54, 1.807) is 28.2 Å². The van der Waals surface area contributed by atoms with Crippen LogP contribution in [0.25, 0.3) is 10.8 Å². The van der Waals surface area contributed by atoms with Crippen LogP contribution in [0.1, 0.15) is 37.3 Å². The second-order valence-corrected chi connectivity index (χ2v) is 11.2. The molecular weight excluding hydrogens is 542 g/mol. The van der Waals surface area contributed by atoms with Crippen molar-refractivity contribution in [2.24, 2.45) is 0 Å². The Hall–Kier alpha value is -4.24. The van der Waals surface area contributed by atoms with Crippen LogP contribution in [-0.2, 0) is 32.0 Å². The minimum atomic E-state index is -0.834. The van der Waals surface area contributed by atoms with E-state index < -0.39 is 18.1 Å². The highest BCUT2D eigenvalue weighted by Gasteiger charge is 2.33. The lowest BCUT2D eigenvalue weighted by molar-refractivity contribution is -0.142. The Morgan fingerprint density at radius 1 is 0.744 bits per heavy atom. The van der Waals surface area contributed by atoms with Crippen LogP contribution in [0.3, 0.4) is 0 Å². The molecule has 43 heavy (non-hydrogen) atoms. The molecule has 0 saturated heterocycles. The molecule has 3 aromatic carbocycles. The number of nitrogens with zero attached hydrogens (tertiary/aromatic N) is 2. The standard InChI is InChI=1S/C34H45N5O4/c1-24(40)36-20-12-11-17-29(33(42)38(3)4)37-32(41)31(23-25-13-7-6-8-14-25)39(5)34(43)30(35-2)22-26-18-19-27-15-9-10-16-28(27)21-26/h6-10,13-16,18-19,21,29-31,35H,11-12,17,20,22-23H2,1-5H3,(H,36,40)(H,37,41)/t29-,30?,31+/m0/s1. The van der Waals surface area contributed by atoms with Crippen molar-refractivity contribution < 1.29 is 19.2 Å². The number of carbonyl (C=O) groups is 4. The van der Waals surface area contributed by atoms with Crippen molar-refractivity contribution in [3.05, 3.63) is 83.9 Å². The summed E-state index contributed by atoms with van der Waals surface area (Å²) < 4.78 is 0. The zero-order valence-electron chi connectivity index (χ0n) is 25.9. The highest BCUT2D eigenvalue weighted by molar-refractivity contribution is 5.93. The van der Waals surface area contributed by atoms with Crippen LogP contribution in [0.15, 0.2) is 72.8 Å². The number of rotatable bonds is 15. The lowest BCUT2D eigenvalue weighted by Crippen LogP contribution is -2.57. The molecule has 0 spiro atoms. The van der Waals surface area contributed by atoms with E-state index in [1.807, 2.05) is 54.6 Å². The quantitative estimate of drug-likeness (QED) is 0.237. The minimum absolute atomic E-state index is 0.105. The molecule has 0 saturated carbocycles. The molecule has 0 bridgehead atoms. The molecule has 9 heteroatoms. The van der Waals surface area contributed by atoms with Gasteiger partial charge in [-0.2, -0.15) is 0 Å². The van der Waals surface area contributed by atoms with Crippen molar-refractivity contribution in [1.29, 1.82) is 0 Å². The van der Waals surface area contributed by atoms with E-state index in [9.17, 15) is 19.2 Å². The summed E-state index contributed by atoms with van der Waals surface area (Å²) in [5.41, 5.74) is 1.92. The van der Waals surface area contributed by atoms with E-state index in [2.05, 4.69) is 34.1 Å². The number of nitrogens with one attached hydrogen (secondary N) is 3. The molecule has 9 nitrogen and oxygen atoms in total. The minimum Gasteiger partial charge on any atom is -0.356 e. The highest BCUT2D eigenvalue weighted by atomic mass is 16.2. The molecule has 0 aliphatic carbocycles. The van der Waals surface area contributed by atoms with Gasteiger partial charge >= 0.3 is 0 Å². The Morgan fingerprint density at radius 3 is 2.07 bits per heavy atom. The van der Waals surface area contributed by atoms with E-state index in [0.29, 0.717) is 38.6 Å². The molecule has 3 rings (SSSR count). The molecule has 0 radical (unpaired) electrons. The Morgan fingerprint density at radius 2 is 1.42 bits per heavy atom. The van der Waals surface area contributed by atoms with Crippen LogP contribution in [0.5, 0.6) is 0 Å². The Kier molecular flexibility index (Phi) is 12.7. The third-order valence-corrected chi connectivity index (χ3v) is 7.64. The second-order valence-electron chi connectivity index (χ2n) is 11.2. The number of fused-ring (bicyclic) bond motifs is 1. The molecule has 0 aliphatic rings. The summed E-state index contributed by atoms with van der Waals surface area (Å²) in [5, 5.41) is 11.1. The van der Waals surface area contributed by atoms with E-state index in [4.69, 9.17) is 0 Å². The SMILES string of the molecule is CNC(Cc1ccc2ccccc2c1)C(=O)N(C)[C@H](Cc1ccccc1)C(=O)N[C@@H](CCCCNC(C)=O)C(=O)N(C)C. The largest absolute Gasteiger partial charge is 0.356 e. The molecular formula is C34H45N5O4. The Balaban J connectivity index is 1.79. The third kappa shape index (κ3) is 9.92. The summed E-state index contributed by atoms with van der Waals surface area (Å²) in [6.07, 6.45) is 2.49. The predicted molar refractivity (Wildman–Crippen MR) is 170 cm³/mol. The van der Waals surface area contributed by atoms with Crippen molar-refractivity contribution in [3.8, 4) is 0 Å². The fraction of sp³-hybridized carbons (Fsp3) is 0.412. The van der Waals surface area contributed by atoms with E-state index in [-0.39, 0.29) is 23.6 Å². The molecule has 0 fully saturated rings. The van der Waals surface area contributed by atoms with Gasteiger partial charge in [-0.15, -0.1) is 0 Å². The summed E-state index contributed by atoms with van der Waals surface area (Å²) in [4.78, 5) is 54.9. The van der Waals surface area contributed by atoms with Crippen LogP contribution >= 0.6 is 0 Å². The van der Waals surface area contributed by atoms with E-state index in [1.165, 1.54) is 16.7 Å². The van der Waals surface area contributed by atoms with Crippen molar-refractivity contribution in [2.75, 3.05) is 34.7 Å². The molecule has 3 N–H and O–H groups in total. The molecule has 3 aromatic rings. The normalized spacial score (nSPS) is 13.0. The fourth-order valence-electron chi connectivity index (χ4n) is 5.13. The van der Waals surface area contributed by atoms with Crippen molar-refractivity contribution >= 4 is 34.4 Å². The number of amides is 4. The molecule has 1 unspecified atom stereocenters. The molecule has 4 amide bonds. The van der Waals surface area contributed by atoms with Gasteiger partial charge in [0.2, 0.25) is 23.6 Å². The van der Waals surface area contributed by atoms with Gasteiger partial charge < -0.3 is 25.8 Å². The first kappa shape index (κ1) is 33.3. The first-order valence-corrected chi connectivity index (χ1v) is 14.8. The van der Waals surface area contributed by atoms with Crippen LogP contribution in [-0.4, -0.2) is 86.3 Å². The van der Waals surface area contributed by atoms with Crippen molar-refractivity contribution in [1.82, 2.24) is 25.8 Å². The maximum atomic E-state index is 13.9. The van der Waals surface area contributed by atoms with Gasteiger partial charge in [-0.05, 0) is 54.6 Å². The number of hydrogen-bond acceptors (Lipinski definition) is 5. The average Bonchev–Trinajstić information content (AvgIpc) is 3.00. The molecule has 0 heterocycles. The first-order chi connectivity index (χ1) is 20.6. The number of benzene rings is 3. The van der Waals surface area contributed by atoms with Gasteiger partial charge in [0.15, 0.2) is 0 Å². The number of likely N-dealkylation sites (N-methyl/N-ethyl adjacent to an activating group) is 3. The molecule has 0 aromatic heterocycles. The third-order valence-electron chi connectivity index (χ3n) is 7.64. The fourth-order valence-corrected chi connectivity index (χ4v) is 5.13. The Labute approximate surface area is 255 Å². The van der Waals surface area contributed by atoms with Crippen LogP contribution in [0, 0.1) is 0 Å². The highest BCUT2D eigenvalue weighted by Crippen LogP contribution is 2.18. The van der Waals surface area contributed by atoms with Gasteiger partial charge in [-0.3, -0.25) is 19.2 Å². The summed E-state index contributed by atoms with van der Waals surface area (Å²) in [5.74, 6) is -0.921. The average molecular weight is 588 g/mol. The monoisotopic (exact) mass is 587 g/mol. The number of carbonyl (C=O) groups excluding carboxylic acids is 4. The lowest BCUT2D eigenvalue weighted by atomic mass is 9.99. The maximum absolute atomic E-state index is 13.9. The summed E-state index contributed by atoms with van der Waals surface area (Å²) in [7, 11) is 6.70. The molecule has 230 valence electrons. The molecule has 3 atom stereocenters. The van der Waals surface area contributed by atoms with Gasteiger partial charge in [0.25, 0.3) is 0 Å². The van der Waals surface area contributed by atoms with Gasteiger partial charge in [0.05, 0.1) is 6.04 Å². The van der Waals surface area contributed by atoms with Gasteiger partial charge in [-0.25, -0.2) is 0 Å². The number of hydrogen-bond donors (Lipinski definition) is 3. The van der Waals surface area contributed by atoms with Gasteiger partial charge in [0.1, 0.15) is 12.1 Å². The van der Waals surface area contributed by atoms with E-state index in [0.717, 1.165) is 21.9 Å². The zero-order valence-corrected chi connectivity index (χ0v) is 25.9. The second kappa shape index (κ2) is 16.4. The van der Waals surface area contributed by atoms with Crippen molar-refractivity contribution in [2.45, 2.75) is 57.2 Å². The lowest BCUT2D eigenvalue weighted by Gasteiger charge is -2.32. The van der Waals surface area contributed by atoms with E-state index >= 15 is 0 Å². The first-order valence-electron chi connectivity index (χ1n) is 14.8. The predicted octanol–water partition coefficient (Wildman–Crippen LogP) is 2.92. The Bertz CT molecular complexity index is 1380. The van der Waals surface area contributed by atoms with Crippen molar-refractivity contribution in [3.63, 3.8) is 0 Å². The summed E-state index contributed by atoms with van der Waals surface area (Å²) in [6.45, 7) is 1.96. The topological polar surface area (TPSA) is 111 Å². The van der Waals surface area contributed by atoms with Gasteiger partial charge in [0, 0.05) is 41.0 Å². The zero-order chi connectivity index (χ0) is 31.4. The van der Waals surface area contributed by atoms with Gasteiger partial charge in [-0.1, -0.05) is 72.8 Å². The summed E-state index contributed by atoms with van der Waals surface area (Å²) in [6, 6.07) is 21.7. The maximum Gasteiger partial charge on any atom is 0.244 e. The summed E-state index contributed by atoms with van der Waals surface area (Å²) >= 11 is 0. The van der Waals surface area contributed by atoms with Crippen LogP contribution in [0.4, 0.5) is 0 Å². The van der Waals surface area contributed by atoms with Crippen LogP contribution in [0.2, 0.25) is 0 Å². The number of unbranched alkanes of at least 4 members (excludes halogenated alkanes) is 1. The van der Waals surface area contributed by atoms with Crippen LogP contribution < -0.4 is 16.0 Å². The molecule has 0 aliphatic heterocycles. The smallest absolute Gasteiger partial charge is 0.244 e.